The third-order valence-corrected chi connectivity index (χ3v) is 7.39. The maximum absolute atomic E-state index is 16.5. The Labute approximate surface area is 216 Å². The average Bonchev–Trinajstić information content (AvgIpc) is 3.24. The molecule has 0 saturated carbocycles. The summed E-state index contributed by atoms with van der Waals surface area (Å²) in [5, 5.41) is 0. The van der Waals surface area contributed by atoms with Crippen LogP contribution in [-0.2, 0) is 0 Å². The number of benzene rings is 2. The highest BCUT2D eigenvalue weighted by Gasteiger charge is 2.36. The van der Waals surface area contributed by atoms with Crippen LogP contribution in [0.5, 0.6) is 11.5 Å². The van der Waals surface area contributed by atoms with Crippen LogP contribution in [0, 0.1) is 5.82 Å². The zero-order valence-corrected chi connectivity index (χ0v) is 21.0. The van der Waals surface area contributed by atoms with Crippen molar-refractivity contribution >= 4 is 16.9 Å². The zero-order valence-electron chi connectivity index (χ0n) is 21.0. The summed E-state index contributed by atoms with van der Waals surface area (Å²) in [5.41, 5.74) is 2.14. The molecule has 2 aromatic carbocycles. The summed E-state index contributed by atoms with van der Waals surface area (Å²) in [4.78, 5) is 24.1. The molecule has 7 nitrogen and oxygen atoms in total. The minimum atomic E-state index is -3.14. The Balaban J connectivity index is 1.65. The molecular weight excluding hydrogens is 497 g/mol. The molecule has 0 fully saturated rings. The molecule has 0 saturated heterocycles. The average molecular weight is 523 g/mol. The van der Waals surface area contributed by atoms with E-state index in [9.17, 15) is 13.6 Å². The molecule has 6 rings (SSSR count). The van der Waals surface area contributed by atoms with E-state index in [2.05, 4.69) is 11.9 Å². The number of para-hydroxylation sites is 1. The summed E-state index contributed by atoms with van der Waals surface area (Å²) < 4.78 is 55.4. The number of hydrogen-bond donors (Lipinski definition) is 0. The number of imidazole rings is 1. The second kappa shape index (κ2) is 9.04. The molecule has 2 aliphatic heterocycles. The minimum Gasteiger partial charge on any atom is -0.492 e. The summed E-state index contributed by atoms with van der Waals surface area (Å²) in [5.74, 6) is -0.0399. The smallest absolute Gasteiger partial charge is 0.387 e. The predicted molar refractivity (Wildman–Crippen MR) is 135 cm³/mol. The van der Waals surface area contributed by atoms with E-state index in [1.807, 2.05) is 6.92 Å². The van der Waals surface area contributed by atoms with Crippen LogP contribution in [0.3, 0.4) is 0 Å². The van der Waals surface area contributed by atoms with Gasteiger partial charge in [-0.1, -0.05) is 19.9 Å². The number of pyridine rings is 1. The molecule has 0 aliphatic carbocycles. The lowest BCUT2D eigenvalue weighted by Gasteiger charge is -2.24. The molecule has 196 valence electrons. The molecule has 0 radical (unpaired) electrons. The fraction of sp³-hybridized carbons (Fsp3) is 0.321. The van der Waals surface area contributed by atoms with Gasteiger partial charge in [-0.15, -0.1) is 0 Å². The molecule has 38 heavy (non-hydrogen) atoms. The molecule has 0 N–H and O–H groups in total. The number of hydrogen-bond acceptors (Lipinski definition) is 5. The van der Waals surface area contributed by atoms with Gasteiger partial charge in [-0.3, -0.25) is 14.3 Å². The maximum Gasteiger partial charge on any atom is 0.387 e. The lowest BCUT2D eigenvalue weighted by atomic mass is 9.98. The van der Waals surface area contributed by atoms with Crippen LogP contribution >= 0.6 is 0 Å². The van der Waals surface area contributed by atoms with Crippen LogP contribution in [0.1, 0.15) is 60.5 Å². The molecule has 0 bridgehead atoms. The van der Waals surface area contributed by atoms with Crippen molar-refractivity contribution in [1.82, 2.24) is 19.4 Å². The highest BCUT2D eigenvalue weighted by atomic mass is 19.3. The Morgan fingerprint density at radius 3 is 2.79 bits per heavy atom. The van der Waals surface area contributed by atoms with Crippen LogP contribution in [-0.4, -0.2) is 45.6 Å². The van der Waals surface area contributed by atoms with Crippen molar-refractivity contribution in [3.8, 4) is 28.3 Å². The van der Waals surface area contributed by atoms with Crippen molar-refractivity contribution < 1.29 is 27.4 Å². The number of ether oxygens (including phenoxy) is 2. The van der Waals surface area contributed by atoms with Gasteiger partial charge in [-0.2, -0.15) is 8.78 Å². The van der Waals surface area contributed by atoms with E-state index in [0.717, 1.165) is 12.1 Å². The summed E-state index contributed by atoms with van der Waals surface area (Å²) in [6.07, 6.45) is 2.94. The first-order valence-corrected chi connectivity index (χ1v) is 12.5. The Hall–Kier alpha value is -4.08. The number of nitrogens with zero attached hydrogens (tertiary/aromatic N) is 4. The maximum atomic E-state index is 16.5. The van der Waals surface area contributed by atoms with Gasteiger partial charge in [0.2, 0.25) is 0 Å². The largest absolute Gasteiger partial charge is 0.492 e. The lowest BCUT2D eigenvalue weighted by molar-refractivity contribution is -0.0498. The van der Waals surface area contributed by atoms with Gasteiger partial charge in [0.25, 0.3) is 5.91 Å². The van der Waals surface area contributed by atoms with Crippen molar-refractivity contribution in [1.29, 1.82) is 0 Å². The predicted octanol–water partition coefficient (Wildman–Crippen LogP) is 6.25. The number of halogens is 3. The van der Waals surface area contributed by atoms with Crippen LogP contribution in [0.4, 0.5) is 13.2 Å². The van der Waals surface area contributed by atoms with Crippen LogP contribution < -0.4 is 9.47 Å². The first-order chi connectivity index (χ1) is 18.3. The van der Waals surface area contributed by atoms with Gasteiger partial charge in [0.1, 0.15) is 22.8 Å². The van der Waals surface area contributed by atoms with Crippen LogP contribution in [0.25, 0.3) is 27.8 Å². The molecule has 0 spiro atoms. The number of aromatic nitrogens is 3. The van der Waals surface area contributed by atoms with E-state index in [0.29, 0.717) is 35.7 Å². The van der Waals surface area contributed by atoms with Crippen molar-refractivity contribution in [3.05, 3.63) is 65.5 Å². The van der Waals surface area contributed by atoms with Gasteiger partial charge in [0.15, 0.2) is 11.6 Å². The normalized spacial score (nSPS) is 18.6. The van der Waals surface area contributed by atoms with E-state index < -0.39 is 24.4 Å². The second-order valence-corrected chi connectivity index (χ2v) is 9.62. The fourth-order valence-corrected chi connectivity index (χ4v) is 5.47. The summed E-state index contributed by atoms with van der Waals surface area (Å²) in [6, 6.07) is 8.88. The number of carbonyl (C=O) groups is 1. The number of carbonyl (C=O) groups excluding carboxylic acids is 1. The van der Waals surface area contributed by atoms with E-state index >= 15 is 4.39 Å². The van der Waals surface area contributed by atoms with E-state index in [-0.39, 0.29) is 34.0 Å². The lowest BCUT2D eigenvalue weighted by Crippen LogP contribution is -2.30. The first kappa shape index (κ1) is 24.3. The Morgan fingerprint density at radius 2 is 2.03 bits per heavy atom. The number of rotatable bonds is 4. The fourth-order valence-electron chi connectivity index (χ4n) is 5.47. The van der Waals surface area contributed by atoms with Gasteiger partial charge in [0.05, 0.1) is 29.4 Å². The monoisotopic (exact) mass is 522 g/mol. The molecule has 2 unspecified atom stereocenters. The Morgan fingerprint density at radius 1 is 1.21 bits per heavy atom. The van der Waals surface area contributed by atoms with Crippen LogP contribution in [0.15, 0.2) is 42.6 Å². The highest BCUT2D eigenvalue weighted by Crippen LogP contribution is 2.42. The zero-order chi connectivity index (χ0) is 26.7. The molecule has 10 heteroatoms. The van der Waals surface area contributed by atoms with Crippen LogP contribution in [0.2, 0.25) is 0 Å². The summed E-state index contributed by atoms with van der Waals surface area (Å²) in [7, 11) is 1.62. The topological polar surface area (TPSA) is 69.5 Å². The van der Waals surface area contributed by atoms with E-state index in [4.69, 9.17) is 14.5 Å². The molecule has 4 heterocycles. The Bertz CT molecular complexity index is 1590. The standard InChI is InChI=1S/C28H25F3N4O3/c1-4-19-26-33-18-9-8-16(15-12-21-23(32-13-15)14(2)10-11-37-21)22(29)25(18)35(26)24-17(27(36)34(19)3)6-5-7-20(24)38-28(30)31/h5-9,12-14,19,28H,4,10-11H2,1-3H3. The van der Waals surface area contributed by atoms with Gasteiger partial charge in [-0.25, -0.2) is 9.37 Å². The third kappa shape index (κ3) is 3.61. The van der Waals surface area contributed by atoms with Crippen molar-refractivity contribution in [2.75, 3.05) is 13.7 Å². The number of fused-ring (bicyclic) bond motifs is 6. The van der Waals surface area contributed by atoms with Gasteiger partial charge in [0, 0.05) is 30.3 Å². The summed E-state index contributed by atoms with van der Waals surface area (Å²) in [6.45, 7) is 1.37. The van der Waals surface area contributed by atoms with E-state index in [1.165, 1.54) is 27.7 Å². The summed E-state index contributed by atoms with van der Waals surface area (Å²) >= 11 is 0. The quantitative estimate of drug-likeness (QED) is 0.317. The molecule has 2 atom stereocenters. The molecule has 4 aromatic rings. The van der Waals surface area contributed by atoms with Crippen molar-refractivity contribution in [3.63, 3.8) is 0 Å². The Kier molecular flexibility index (Phi) is 5.77. The van der Waals surface area contributed by atoms with E-state index in [1.54, 1.807) is 31.4 Å². The van der Waals surface area contributed by atoms with Gasteiger partial charge >= 0.3 is 6.61 Å². The number of amides is 1. The molecule has 2 aromatic heterocycles. The van der Waals surface area contributed by atoms with Gasteiger partial charge in [-0.05, 0) is 43.2 Å². The van der Waals surface area contributed by atoms with Crippen molar-refractivity contribution in [2.45, 2.75) is 45.3 Å². The SMILES string of the molecule is CCC1c2nc3ccc(-c4cnc5c(c4)OCCC5C)c(F)c3n2-c2c(OC(F)F)cccc2C(=O)N1C. The highest BCUT2D eigenvalue weighted by molar-refractivity contribution is 6.01. The molecular formula is C28H25F3N4O3. The minimum absolute atomic E-state index is 0.0369. The molecule has 2 aliphatic rings. The first-order valence-electron chi connectivity index (χ1n) is 12.5. The van der Waals surface area contributed by atoms with Crippen molar-refractivity contribution in [2.24, 2.45) is 0 Å². The van der Waals surface area contributed by atoms with Gasteiger partial charge < -0.3 is 14.4 Å². The third-order valence-electron chi connectivity index (χ3n) is 7.39. The molecule has 1 amide bonds. The number of alkyl halides is 2. The second-order valence-electron chi connectivity index (χ2n) is 9.62.